The van der Waals surface area contributed by atoms with Crippen molar-refractivity contribution >= 4 is 5.69 Å². The molecule has 0 saturated carbocycles. The van der Waals surface area contributed by atoms with Crippen LogP contribution in [0.2, 0.25) is 0 Å². The lowest BCUT2D eigenvalue weighted by molar-refractivity contribution is -0.274. The number of alkyl halides is 3. The number of pyridine rings is 1. The van der Waals surface area contributed by atoms with Crippen LogP contribution in [0.1, 0.15) is 5.69 Å². The summed E-state index contributed by atoms with van der Waals surface area (Å²) >= 11 is 0. The van der Waals surface area contributed by atoms with Crippen molar-refractivity contribution in [1.29, 1.82) is 0 Å². The molecule has 1 aromatic rings. The number of hydrogen-bond acceptors (Lipinski definition) is 4. The zero-order valence-corrected chi connectivity index (χ0v) is 7.39. The fourth-order valence-corrected chi connectivity index (χ4v) is 0.916. The Kier molecular flexibility index (Phi) is 2.89. The number of aromatic amines is 1. The molecule has 0 atom stereocenters. The van der Waals surface area contributed by atoms with E-state index in [4.69, 9.17) is 11.5 Å². The van der Waals surface area contributed by atoms with Gasteiger partial charge in [-0.05, 0) is 0 Å². The van der Waals surface area contributed by atoms with E-state index in [1.54, 1.807) is 0 Å². The van der Waals surface area contributed by atoms with Gasteiger partial charge in [0.2, 0.25) is 0 Å². The number of nitrogen functional groups attached to an aromatic ring is 1. The van der Waals surface area contributed by atoms with Crippen LogP contribution >= 0.6 is 0 Å². The lowest BCUT2D eigenvalue weighted by Crippen LogP contribution is -2.22. The normalized spacial score (nSPS) is 11.5. The van der Waals surface area contributed by atoms with Crippen LogP contribution in [-0.2, 0) is 6.54 Å². The summed E-state index contributed by atoms with van der Waals surface area (Å²) in [7, 11) is 0. The van der Waals surface area contributed by atoms with Crippen molar-refractivity contribution in [2.45, 2.75) is 12.9 Å². The highest BCUT2D eigenvalue weighted by atomic mass is 19.4. The van der Waals surface area contributed by atoms with E-state index in [9.17, 15) is 18.0 Å². The third kappa shape index (κ3) is 2.88. The molecule has 8 heteroatoms. The van der Waals surface area contributed by atoms with Crippen molar-refractivity contribution < 1.29 is 17.9 Å². The second-order valence-corrected chi connectivity index (χ2v) is 2.65. The molecule has 0 amide bonds. The van der Waals surface area contributed by atoms with Gasteiger partial charge in [0.1, 0.15) is 5.69 Å². The average Bonchev–Trinajstić information content (AvgIpc) is 2.10. The van der Waals surface area contributed by atoms with Crippen molar-refractivity contribution in [3.63, 3.8) is 0 Å². The first-order valence-corrected chi connectivity index (χ1v) is 3.81. The molecule has 1 rings (SSSR count). The van der Waals surface area contributed by atoms with Gasteiger partial charge in [0, 0.05) is 18.3 Å². The number of anilines is 1. The highest BCUT2D eigenvalue weighted by molar-refractivity contribution is 5.51. The highest BCUT2D eigenvalue weighted by Gasteiger charge is 2.32. The summed E-state index contributed by atoms with van der Waals surface area (Å²) in [5.41, 5.74) is 8.86. The molecule has 0 aliphatic heterocycles. The second-order valence-electron chi connectivity index (χ2n) is 2.65. The van der Waals surface area contributed by atoms with Gasteiger partial charge in [-0.15, -0.1) is 13.2 Å². The fourth-order valence-electron chi connectivity index (χ4n) is 0.916. The summed E-state index contributed by atoms with van der Waals surface area (Å²) in [5, 5.41) is 0. The predicted octanol–water partition coefficient (Wildman–Crippen LogP) is 0.314. The molecule has 1 heterocycles. The number of aromatic nitrogens is 1. The molecule has 0 unspecified atom stereocenters. The smallest absolute Gasteiger partial charge is 0.403 e. The van der Waals surface area contributed by atoms with Gasteiger partial charge in [-0.2, -0.15) is 0 Å². The van der Waals surface area contributed by atoms with Crippen LogP contribution < -0.4 is 21.8 Å². The summed E-state index contributed by atoms with van der Waals surface area (Å²) in [6.45, 7) is -0.121. The first-order valence-electron chi connectivity index (χ1n) is 3.81. The molecule has 1 aromatic heterocycles. The first kappa shape index (κ1) is 11.4. The Morgan fingerprint density at radius 2 is 2.07 bits per heavy atom. The van der Waals surface area contributed by atoms with E-state index in [1.165, 1.54) is 0 Å². The molecule has 0 aliphatic carbocycles. The minimum atomic E-state index is -4.90. The number of hydrogen-bond donors (Lipinski definition) is 3. The maximum Gasteiger partial charge on any atom is 0.573 e. The standard InChI is InChI=1S/C7H8F3N3O2/c8-7(9,10)15-4-1-3(2-11)13-6(14)5(4)12/h1H,2,11-12H2,(H,13,14). The summed E-state index contributed by atoms with van der Waals surface area (Å²) in [5.74, 6) is -0.744. The Morgan fingerprint density at radius 3 is 2.53 bits per heavy atom. The van der Waals surface area contributed by atoms with Crippen molar-refractivity contribution in [2.24, 2.45) is 5.73 Å². The second kappa shape index (κ2) is 3.81. The number of ether oxygens (including phenoxy) is 1. The van der Waals surface area contributed by atoms with E-state index < -0.39 is 23.4 Å². The number of rotatable bonds is 2. The molecule has 0 fully saturated rings. The van der Waals surface area contributed by atoms with Gasteiger partial charge in [0.05, 0.1) is 0 Å². The third-order valence-electron chi connectivity index (χ3n) is 1.54. The fraction of sp³-hybridized carbons (Fsp3) is 0.286. The van der Waals surface area contributed by atoms with Gasteiger partial charge in [-0.1, -0.05) is 0 Å². The van der Waals surface area contributed by atoms with Crippen LogP contribution in [0, 0.1) is 0 Å². The molecule has 15 heavy (non-hydrogen) atoms. The summed E-state index contributed by atoms with van der Waals surface area (Å²) in [6, 6.07) is 0.935. The Morgan fingerprint density at radius 1 is 1.47 bits per heavy atom. The molecule has 0 aliphatic rings. The molecule has 5 nitrogen and oxygen atoms in total. The molecular weight excluding hydrogens is 215 g/mol. The van der Waals surface area contributed by atoms with Crippen LogP contribution in [-0.4, -0.2) is 11.3 Å². The molecule has 0 spiro atoms. The molecule has 0 saturated heterocycles. The Bertz CT molecular complexity index is 413. The van der Waals surface area contributed by atoms with Crippen molar-refractivity contribution in [1.82, 2.24) is 4.98 Å². The Balaban J connectivity index is 3.17. The van der Waals surface area contributed by atoms with Crippen molar-refractivity contribution in [2.75, 3.05) is 5.73 Å². The maximum atomic E-state index is 11.9. The van der Waals surface area contributed by atoms with E-state index in [-0.39, 0.29) is 12.2 Å². The maximum absolute atomic E-state index is 11.9. The highest BCUT2D eigenvalue weighted by Crippen LogP contribution is 2.25. The molecular formula is C7H8F3N3O2. The number of nitrogens with two attached hydrogens (primary N) is 2. The zero-order chi connectivity index (χ0) is 11.6. The number of H-pyrrole nitrogens is 1. The van der Waals surface area contributed by atoms with Crippen LogP contribution in [0.5, 0.6) is 5.75 Å². The molecule has 0 bridgehead atoms. The topological polar surface area (TPSA) is 94.1 Å². The van der Waals surface area contributed by atoms with Gasteiger partial charge in [0.15, 0.2) is 5.75 Å². The SMILES string of the molecule is NCc1cc(OC(F)(F)F)c(N)c(=O)[nH]1. The monoisotopic (exact) mass is 223 g/mol. The van der Waals surface area contributed by atoms with Gasteiger partial charge < -0.3 is 21.2 Å². The van der Waals surface area contributed by atoms with Gasteiger partial charge >= 0.3 is 6.36 Å². The summed E-state index contributed by atoms with van der Waals surface area (Å²) < 4.78 is 39.2. The zero-order valence-electron chi connectivity index (χ0n) is 7.39. The minimum Gasteiger partial charge on any atom is -0.403 e. The van der Waals surface area contributed by atoms with E-state index in [1.807, 2.05) is 0 Å². The number of halogens is 3. The average molecular weight is 223 g/mol. The lowest BCUT2D eigenvalue weighted by atomic mass is 10.3. The quantitative estimate of drug-likeness (QED) is 0.672. The van der Waals surface area contributed by atoms with Crippen molar-refractivity contribution in [3.05, 3.63) is 22.1 Å². The van der Waals surface area contributed by atoms with Gasteiger partial charge in [-0.3, -0.25) is 4.79 Å². The Labute approximate surface area is 81.8 Å². The van der Waals surface area contributed by atoms with Gasteiger partial charge in [-0.25, -0.2) is 0 Å². The Hall–Kier alpha value is -1.70. The van der Waals surface area contributed by atoms with Crippen LogP contribution in [0.4, 0.5) is 18.9 Å². The molecule has 5 N–H and O–H groups in total. The first-order chi connectivity index (χ1) is 6.83. The van der Waals surface area contributed by atoms with Crippen LogP contribution in [0.25, 0.3) is 0 Å². The van der Waals surface area contributed by atoms with E-state index in [0.717, 1.165) is 6.07 Å². The van der Waals surface area contributed by atoms with Crippen LogP contribution in [0.3, 0.4) is 0 Å². The third-order valence-corrected chi connectivity index (χ3v) is 1.54. The van der Waals surface area contributed by atoms with E-state index in [0.29, 0.717) is 0 Å². The largest absolute Gasteiger partial charge is 0.573 e. The minimum absolute atomic E-state index is 0.105. The van der Waals surface area contributed by atoms with Gasteiger partial charge in [0.25, 0.3) is 5.56 Å². The summed E-state index contributed by atoms with van der Waals surface area (Å²) in [6.07, 6.45) is -4.90. The predicted molar refractivity (Wildman–Crippen MR) is 46.0 cm³/mol. The van der Waals surface area contributed by atoms with Crippen molar-refractivity contribution in [3.8, 4) is 5.75 Å². The van der Waals surface area contributed by atoms with Crippen LogP contribution in [0.15, 0.2) is 10.9 Å². The molecule has 84 valence electrons. The van der Waals surface area contributed by atoms with E-state index >= 15 is 0 Å². The van der Waals surface area contributed by atoms with E-state index in [2.05, 4.69) is 9.72 Å². The summed E-state index contributed by atoms with van der Waals surface area (Å²) in [4.78, 5) is 13.2. The number of nitrogens with one attached hydrogen (secondary N) is 1. The molecule has 0 radical (unpaired) electrons. The lowest BCUT2D eigenvalue weighted by Gasteiger charge is -2.11. The molecule has 0 aromatic carbocycles.